The van der Waals surface area contributed by atoms with Crippen molar-refractivity contribution in [3.63, 3.8) is 0 Å². The van der Waals surface area contributed by atoms with E-state index in [1.165, 1.54) is 11.1 Å². The lowest BCUT2D eigenvalue weighted by atomic mass is 9.98. The minimum Gasteiger partial charge on any atom is -0.456 e. The van der Waals surface area contributed by atoms with Crippen LogP contribution in [0.2, 0.25) is 5.15 Å². The number of hydrogen-bond donors (Lipinski definition) is 0. The van der Waals surface area contributed by atoms with Crippen molar-refractivity contribution in [2.75, 3.05) is 0 Å². The molecule has 0 saturated carbocycles. The average molecular weight is 790 g/mol. The molecule has 10 aromatic rings. The van der Waals surface area contributed by atoms with E-state index in [0.717, 1.165) is 101 Å². The number of para-hydroxylation sites is 1. The molecule has 0 aliphatic carbocycles. The molecule has 284 valence electrons. The van der Waals surface area contributed by atoms with Gasteiger partial charge in [-0.2, -0.15) is 0 Å². The maximum Gasteiger partial charge on any atom is 0.138 e. The molecule has 7 aromatic carbocycles. The molecule has 0 radical (unpaired) electrons. The molecule has 0 N–H and O–H groups in total. The van der Waals surface area contributed by atoms with Crippen molar-refractivity contribution in [1.82, 2.24) is 14.5 Å². The monoisotopic (exact) mass is 789 g/mol. The molecule has 0 spiro atoms. The predicted molar refractivity (Wildman–Crippen MR) is 248 cm³/mol. The third kappa shape index (κ3) is 6.63. The molecular weight excluding hydrogens is 754 g/mol. The summed E-state index contributed by atoms with van der Waals surface area (Å²) in [6, 6.07) is 67.6. The van der Waals surface area contributed by atoms with Crippen molar-refractivity contribution in [3.8, 4) is 62.1 Å². The van der Waals surface area contributed by atoms with Gasteiger partial charge in [-0.15, -0.1) is 0 Å². The zero-order valence-electron chi connectivity index (χ0n) is 32.5. The van der Waals surface area contributed by atoms with Crippen LogP contribution >= 0.6 is 11.6 Å². The van der Waals surface area contributed by atoms with Crippen LogP contribution in [0.1, 0.15) is 22.3 Å². The van der Waals surface area contributed by atoms with E-state index in [2.05, 4.69) is 185 Å². The predicted octanol–water partition coefficient (Wildman–Crippen LogP) is 14.8. The molecule has 11 rings (SSSR count). The maximum absolute atomic E-state index is 6.75. The number of benzene rings is 7. The highest BCUT2D eigenvalue weighted by molar-refractivity contribution is 6.29. The van der Waals surface area contributed by atoms with Gasteiger partial charge in [-0.25, -0.2) is 9.97 Å². The van der Waals surface area contributed by atoms with E-state index in [0.29, 0.717) is 5.15 Å². The first kappa shape index (κ1) is 35.6. The van der Waals surface area contributed by atoms with Crippen LogP contribution in [-0.4, -0.2) is 14.5 Å². The number of ether oxygens (including phenoxy) is 1. The summed E-state index contributed by atoms with van der Waals surface area (Å²) in [5.41, 5.74) is 15.0. The molecule has 0 amide bonds. The van der Waals surface area contributed by atoms with Gasteiger partial charge in [0.2, 0.25) is 0 Å². The summed E-state index contributed by atoms with van der Waals surface area (Å²) < 4.78 is 9.04. The minimum atomic E-state index is 0.479. The summed E-state index contributed by atoms with van der Waals surface area (Å²) in [5.74, 6) is 2.52. The summed E-state index contributed by atoms with van der Waals surface area (Å²) >= 11 is 6.49. The third-order valence-electron chi connectivity index (χ3n) is 11.3. The van der Waals surface area contributed by atoms with Gasteiger partial charge in [0.15, 0.2) is 0 Å². The topological polar surface area (TPSA) is 39.9 Å². The lowest BCUT2D eigenvalue weighted by molar-refractivity contribution is 0.482. The summed E-state index contributed by atoms with van der Waals surface area (Å²) in [5, 5.41) is 2.76. The Morgan fingerprint density at radius 1 is 0.450 bits per heavy atom. The first-order valence-electron chi connectivity index (χ1n) is 20.1. The summed E-state index contributed by atoms with van der Waals surface area (Å²) in [4.78, 5) is 9.89. The summed E-state index contributed by atoms with van der Waals surface area (Å²) in [7, 11) is 0. The molecule has 5 heteroatoms. The second-order valence-electron chi connectivity index (χ2n) is 15.2. The van der Waals surface area contributed by atoms with Gasteiger partial charge in [-0.05, 0) is 100 Å². The van der Waals surface area contributed by atoms with E-state index in [1.54, 1.807) is 0 Å². The van der Waals surface area contributed by atoms with Crippen molar-refractivity contribution in [3.05, 3.63) is 222 Å². The Kier molecular flexibility index (Phi) is 8.91. The van der Waals surface area contributed by atoms with E-state index in [-0.39, 0.29) is 0 Å². The standard InChI is InChI=1S/C55H36ClN3O/c56-53-34-43(32-47(57-53)40-14-6-2-7-15-40)39-23-20-36(21-24-39)30-37-22-28-51-42(31-37)25-26-46-52(60-51)29-27-50-55(46)45-18-10-11-19-49(45)59(50)54-35-44(38-12-4-1-5-13-38)33-48(58-54)41-16-8-3-9-17-41/h1-29,31-35H,30H2. The number of halogens is 1. The average Bonchev–Trinajstić information content (AvgIpc) is 3.53. The van der Waals surface area contributed by atoms with Crippen molar-refractivity contribution >= 4 is 45.6 Å². The highest BCUT2D eigenvalue weighted by atomic mass is 35.5. The van der Waals surface area contributed by atoms with Crippen molar-refractivity contribution in [2.45, 2.75) is 6.42 Å². The van der Waals surface area contributed by atoms with Gasteiger partial charge in [-0.1, -0.05) is 157 Å². The molecule has 4 nitrogen and oxygen atoms in total. The van der Waals surface area contributed by atoms with Gasteiger partial charge in [-0.3, -0.25) is 4.57 Å². The zero-order valence-corrected chi connectivity index (χ0v) is 33.2. The smallest absolute Gasteiger partial charge is 0.138 e. The Morgan fingerprint density at radius 2 is 1.05 bits per heavy atom. The second kappa shape index (κ2) is 15.0. The molecule has 1 aliphatic heterocycles. The molecule has 0 bridgehead atoms. The molecule has 60 heavy (non-hydrogen) atoms. The first-order valence-corrected chi connectivity index (χ1v) is 20.5. The van der Waals surface area contributed by atoms with Crippen LogP contribution in [0.3, 0.4) is 0 Å². The molecular formula is C55H36ClN3O. The van der Waals surface area contributed by atoms with Gasteiger partial charge < -0.3 is 4.74 Å². The van der Waals surface area contributed by atoms with Crippen LogP contribution < -0.4 is 4.74 Å². The van der Waals surface area contributed by atoms with Crippen molar-refractivity contribution < 1.29 is 4.74 Å². The van der Waals surface area contributed by atoms with E-state index in [4.69, 9.17) is 21.3 Å². The quantitative estimate of drug-likeness (QED) is 0.151. The van der Waals surface area contributed by atoms with Crippen LogP contribution in [0.15, 0.2) is 194 Å². The Hall–Kier alpha value is -7.53. The fourth-order valence-electron chi connectivity index (χ4n) is 8.45. The molecule has 3 aromatic heterocycles. The molecule has 0 fully saturated rings. The highest BCUT2D eigenvalue weighted by Gasteiger charge is 2.21. The molecule has 1 aliphatic rings. The normalized spacial score (nSPS) is 11.9. The largest absolute Gasteiger partial charge is 0.456 e. The van der Waals surface area contributed by atoms with Crippen LogP contribution in [0.25, 0.3) is 84.5 Å². The van der Waals surface area contributed by atoms with Gasteiger partial charge in [0.25, 0.3) is 0 Å². The molecule has 0 saturated heterocycles. The lowest BCUT2D eigenvalue weighted by Crippen LogP contribution is -2.00. The number of aromatic nitrogens is 3. The number of fused-ring (bicyclic) bond motifs is 6. The van der Waals surface area contributed by atoms with E-state index < -0.39 is 0 Å². The van der Waals surface area contributed by atoms with Crippen molar-refractivity contribution in [1.29, 1.82) is 0 Å². The fourth-order valence-corrected chi connectivity index (χ4v) is 8.66. The Balaban J connectivity index is 0.938. The van der Waals surface area contributed by atoms with E-state index in [9.17, 15) is 0 Å². The zero-order chi connectivity index (χ0) is 40.0. The summed E-state index contributed by atoms with van der Waals surface area (Å²) in [6.45, 7) is 0. The number of hydrogen-bond acceptors (Lipinski definition) is 3. The third-order valence-corrected chi connectivity index (χ3v) is 11.5. The van der Waals surface area contributed by atoms with Crippen LogP contribution in [0, 0.1) is 0 Å². The fraction of sp³-hybridized carbons (Fsp3) is 0.0182. The first-order chi connectivity index (χ1) is 29.6. The van der Waals surface area contributed by atoms with Gasteiger partial charge in [0.05, 0.1) is 22.4 Å². The van der Waals surface area contributed by atoms with Crippen molar-refractivity contribution in [2.24, 2.45) is 0 Å². The second-order valence-corrected chi connectivity index (χ2v) is 15.6. The number of nitrogens with zero attached hydrogens (tertiary/aromatic N) is 3. The van der Waals surface area contributed by atoms with Crippen LogP contribution in [0.5, 0.6) is 11.5 Å². The number of rotatable bonds is 7. The van der Waals surface area contributed by atoms with E-state index >= 15 is 0 Å². The minimum absolute atomic E-state index is 0.479. The molecule has 0 atom stereocenters. The maximum atomic E-state index is 6.75. The molecule has 4 heterocycles. The lowest BCUT2D eigenvalue weighted by Gasteiger charge is -2.14. The van der Waals surface area contributed by atoms with Gasteiger partial charge >= 0.3 is 0 Å². The highest BCUT2D eigenvalue weighted by Crippen LogP contribution is 2.43. The number of pyridine rings is 2. The van der Waals surface area contributed by atoms with Crippen LogP contribution in [-0.2, 0) is 6.42 Å². The SMILES string of the molecule is Clc1cc(-c2ccc(Cc3ccc4c(c3)C=Cc3c(ccc5c3c3ccccc3n5-c3cc(-c5ccccc5)cc(-c5ccccc5)n3)O4)cc2)cc(-c2ccccc2)n1. The van der Waals surface area contributed by atoms with Gasteiger partial charge in [0.1, 0.15) is 22.5 Å². The molecule has 0 unspecified atom stereocenters. The Morgan fingerprint density at radius 3 is 1.78 bits per heavy atom. The van der Waals surface area contributed by atoms with Gasteiger partial charge in [0, 0.05) is 33.0 Å². The summed E-state index contributed by atoms with van der Waals surface area (Å²) in [6.07, 6.45) is 5.20. The van der Waals surface area contributed by atoms with Crippen LogP contribution in [0.4, 0.5) is 0 Å². The Bertz CT molecular complexity index is 3190. The Labute approximate surface area is 353 Å². The van der Waals surface area contributed by atoms with E-state index in [1.807, 2.05) is 30.3 Å².